The maximum atomic E-state index is 12.0. The van der Waals surface area contributed by atoms with Crippen molar-refractivity contribution in [3.05, 3.63) is 35.4 Å². The Bertz CT molecular complexity index is 336. The number of carbonyl (C=O) groups is 1. The number of carboxylic acid groups (broad SMARTS) is 1. The molecule has 1 rings (SSSR count). The molecule has 6 heteroatoms. The molecule has 0 saturated heterocycles. The van der Waals surface area contributed by atoms with E-state index in [2.05, 4.69) is 0 Å². The fraction of sp³-hybridized carbons (Fsp3) is 0.125. The van der Waals surface area contributed by atoms with Gasteiger partial charge in [0.2, 0.25) is 0 Å². The van der Waals surface area contributed by atoms with Crippen molar-refractivity contribution in [2.24, 2.45) is 0 Å². The van der Waals surface area contributed by atoms with Crippen molar-refractivity contribution in [1.29, 1.82) is 0 Å². The van der Waals surface area contributed by atoms with Gasteiger partial charge in [-0.15, -0.1) is 0 Å². The fourth-order valence-corrected chi connectivity index (χ4v) is 0.829. The number of halogens is 3. The number of hydrogen-bond acceptors (Lipinski definition) is 1. The maximum absolute atomic E-state index is 12.0. The molecular formula is C8H5F3O2Pd. The molecule has 0 radical (unpaired) electrons. The predicted molar refractivity (Wildman–Crippen MR) is 38.4 cm³/mol. The second-order valence-electron chi connectivity index (χ2n) is 2.38. The molecule has 0 heterocycles. The summed E-state index contributed by atoms with van der Waals surface area (Å²) < 4.78 is 36.1. The molecule has 0 aliphatic carbocycles. The number of hydrogen-bond donors (Lipinski definition) is 1. The van der Waals surface area contributed by atoms with Gasteiger partial charge in [0.15, 0.2) is 0 Å². The van der Waals surface area contributed by atoms with E-state index in [0.717, 1.165) is 18.2 Å². The average molecular weight is 297 g/mol. The molecule has 0 spiro atoms. The molecule has 80 valence electrons. The van der Waals surface area contributed by atoms with Crippen molar-refractivity contribution in [3.63, 3.8) is 0 Å². The topological polar surface area (TPSA) is 37.3 Å². The van der Waals surface area contributed by atoms with Crippen LogP contribution in [0.2, 0.25) is 0 Å². The van der Waals surface area contributed by atoms with Crippen molar-refractivity contribution in [2.45, 2.75) is 6.18 Å². The van der Waals surface area contributed by atoms with Gasteiger partial charge >= 0.3 is 12.1 Å². The molecule has 14 heavy (non-hydrogen) atoms. The summed E-state index contributed by atoms with van der Waals surface area (Å²) in [6.07, 6.45) is -4.49. The second-order valence-corrected chi connectivity index (χ2v) is 2.38. The third-order valence-electron chi connectivity index (χ3n) is 1.44. The first-order valence-electron chi connectivity index (χ1n) is 3.32. The maximum Gasteiger partial charge on any atom is 0.416 e. The molecule has 0 unspecified atom stereocenters. The number of carboxylic acids is 1. The van der Waals surface area contributed by atoms with Crippen LogP contribution in [0.3, 0.4) is 0 Å². The minimum atomic E-state index is -4.49. The van der Waals surface area contributed by atoms with Crippen molar-refractivity contribution >= 4 is 5.97 Å². The van der Waals surface area contributed by atoms with Gasteiger partial charge in [0.05, 0.1) is 11.1 Å². The van der Waals surface area contributed by atoms with E-state index in [1.807, 2.05) is 0 Å². The van der Waals surface area contributed by atoms with Crippen LogP contribution < -0.4 is 0 Å². The summed E-state index contributed by atoms with van der Waals surface area (Å²) in [5.41, 5.74) is -1.32. The van der Waals surface area contributed by atoms with Crippen LogP contribution in [0.5, 0.6) is 0 Å². The van der Waals surface area contributed by atoms with Crippen LogP contribution in [-0.2, 0) is 26.6 Å². The van der Waals surface area contributed by atoms with Gasteiger partial charge in [0.1, 0.15) is 0 Å². The zero-order chi connectivity index (χ0) is 10.1. The Labute approximate surface area is 91.4 Å². The Kier molecular flexibility index (Phi) is 4.30. The van der Waals surface area contributed by atoms with E-state index in [0.29, 0.717) is 6.07 Å². The molecule has 0 aromatic heterocycles. The Hall–Kier alpha value is -0.858. The van der Waals surface area contributed by atoms with E-state index < -0.39 is 17.7 Å². The van der Waals surface area contributed by atoms with Crippen LogP contribution in [-0.4, -0.2) is 11.1 Å². The summed E-state index contributed by atoms with van der Waals surface area (Å²) in [5, 5.41) is 8.41. The van der Waals surface area contributed by atoms with Crippen LogP contribution in [0.25, 0.3) is 0 Å². The van der Waals surface area contributed by atoms with Crippen LogP contribution in [0.15, 0.2) is 24.3 Å². The van der Waals surface area contributed by atoms with Gasteiger partial charge in [-0.2, -0.15) is 13.2 Å². The van der Waals surface area contributed by atoms with Gasteiger partial charge in [-0.1, -0.05) is 6.07 Å². The molecule has 0 amide bonds. The minimum Gasteiger partial charge on any atom is -0.478 e. The summed E-state index contributed by atoms with van der Waals surface area (Å²) >= 11 is 0. The van der Waals surface area contributed by atoms with Crippen molar-refractivity contribution in [2.75, 3.05) is 0 Å². The van der Waals surface area contributed by atoms with Gasteiger partial charge in [-0.25, -0.2) is 4.79 Å². The van der Waals surface area contributed by atoms with Crippen molar-refractivity contribution < 1.29 is 43.5 Å². The first-order valence-corrected chi connectivity index (χ1v) is 3.32. The summed E-state index contributed by atoms with van der Waals surface area (Å²) in [6, 6.07) is 3.60. The Morgan fingerprint density at radius 2 is 1.86 bits per heavy atom. The van der Waals surface area contributed by atoms with E-state index in [4.69, 9.17) is 5.11 Å². The molecule has 0 fully saturated rings. The van der Waals surface area contributed by atoms with Crippen LogP contribution >= 0.6 is 0 Å². The molecule has 0 atom stereocenters. The van der Waals surface area contributed by atoms with E-state index >= 15 is 0 Å². The minimum absolute atomic E-state index is 0. The zero-order valence-corrected chi connectivity index (χ0v) is 8.17. The van der Waals surface area contributed by atoms with E-state index in [-0.39, 0.29) is 26.0 Å². The van der Waals surface area contributed by atoms with Crippen LogP contribution in [0, 0.1) is 0 Å². The third kappa shape index (κ3) is 3.13. The van der Waals surface area contributed by atoms with Gasteiger partial charge in [0, 0.05) is 20.4 Å². The summed E-state index contributed by atoms with van der Waals surface area (Å²) in [6.45, 7) is 0. The average Bonchev–Trinajstić information content (AvgIpc) is 2.03. The Morgan fingerprint density at radius 3 is 2.29 bits per heavy atom. The Morgan fingerprint density at radius 1 is 1.29 bits per heavy atom. The molecule has 1 aromatic rings. The largest absolute Gasteiger partial charge is 0.478 e. The number of rotatable bonds is 1. The van der Waals surface area contributed by atoms with E-state index in [1.54, 1.807) is 0 Å². The molecule has 1 aromatic carbocycles. The molecule has 0 saturated carbocycles. The molecular weight excluding hydrogens is 291 g/mol. The van der Waals surface area contributed by atoms with Crippen LogP contribution in [0.4, 0.5) is 13.2 Å². The normalized spacial score (nSPS) is 10.5. The second kappa shape index (κ2) is 4.58. The summed E-state index contributed by atoms with van der Waals surface area (Å²) in [7, 11) is 0. The van der Waals surface area contributed by atoms with Gasteiger partial charge in [-0.05, 0) is 18.2 Å². The first kappa shape index (κ1) is 13.1. The summed E-state index contributed by atoms with van der Waals surface area (Å²) in [4.78, 5) is 10.3. The van der Waals surface area contributed by atoms with Crippen molar-refractivity contribution in [1.82, 2.24) is 0 Å². The monoisotopic (exact) mass is 296 g/mol. The summed E-state index contributed by atoms with van der Waals surface area (Å²) in [5.74, 6) is -1.37. The fourth-order valence-electron chi connectivity index (χ4n) is 0.829. The quantitative estimate of drug-likeness (QED) is 0.808. The predicted octanol–water partition coefficient (Wildman–Crippen LogP) is 2.40. The van der Waals surface area contributed by atoms with Crippen molar-refractivity contribution in [3.8, 4) is 0 Å². The molecule has 0 bridgehead atoms. The van der Waals surface area contributed by atoms with Crippen LogP contribution in [0.1, 0.15) is 15.9 Å². The van der Waals surface area contributed by atoms with Gasteiger partial charge in [0.25, 0.3) is 0 Å². The molecule has 0 aliphatic rings. The first-order chi connectivity index (χ1) is 5.91. The standard InChI is InChI=1S/C8H5F3O2.Pd/c9-8(10,11)6-3-1-2-5(4-6)7(12)13;/h1-4H,(H,12,13);. The SMILES string of the molecule is O=C(O)c1cccc(C(F)(F)F)c1.[Pd]. The van der Waals surface area contributed by atoms with Gasteiger partial charge < -0.3 is 5.11 Å². The third-order valence-corrected chi connectivity index (χ3v) is 1.44. The van der Waals surface area contributed by atoms with Gasteiger partial charge in [-0.3, -0.25) is 0 Å². The zero-order valence-electron chi connectivity index (χ0n) is 6.61. The number of aromatic carboxylic acids is 1. The molecule has 0 aliphatic heterocycles. The van der Waals surface area contributed by atoms with E-state index in [1.165, 1.54) is 0 Å². The number of alkyl halides is 3. The number of benzene rings is 1. The Balaban J connectivity index is 0.00000169. The molecule has 1 N–H and O–H groups in total. The smallest absolute Gasteiger partial charge is 0.416 e. The molecule has 2 nitrogen and oxygen atoms in total. The van der Waals surface area contributed by atoms with E-state index in [9.17, 15) is 18.0 Å².